The number of anilines is 2. The summed E-state index contributed by atoms with van der Waals surface area (Å²) in [7, 11) is 1.52. The number of nitrogens with one attached hydrogen (secondary N) is 2. The van der Waals surface area contributed by atoms with Gasteiger partial charge in [0.15, 0.2) is 5.82 Å². The first-order valence-corrected chi connectivity index (χ1v) is 7.24. The summed E-state index contributed by atoms with van der Waals surface area (Å²) in [4.78, 5) is 11.7. The van der Waals surface area contributed by atoms with Crippen molar-refractivity contribution in [2.45, 2.75) is 6.54 Å². The van der Waals surface area contributed by atoms with Crippen molar-refractivity contribution < 1.29 is 9.18 Å². The maximum Gasteiger partial charge on any atom is 0.257 e. The summed E-state index contributed by atoms with van der Waals surface area (Å²) in [6.45, 7) is 0.351. The Morgan fingerprint density at radius 1 is 1.55 bits per heavy atom. The van der Waals surface area contributed by atoms with Gasteiger partial charge in [0.2, 0.25) is 0 Å². The molecular weight excluding hydrogens is 347 g/mol. The molecule has 0 fully saturated rings. The topological polar surface area (TPSA) is 80.0 Å². The maximum absolute atomic E-state index is 13.2. The van der Waals surface area contributed by atoms with E-state index in [0.717, 1.165) is 21.6 Å². The van der Waals surface area contributed by atoms with E-state index in [2.05, 4.69) is 30.9 Å². The Bertz CT molecular complexity index is 646. The predicted octanol–water partition coefficient (Wildman–Crippen LogP) is 2.60. The molecule has 8 heteroatoms. The molecule has 4 N–H and O–H groups in total. The second-order valence-corrected chi connectivity index (χ2v) is 5.57. The molecule has 0 atom stereocenters. The van der Waals surface area contributed by atoms with Gasteiger partial charge < -0.3 is 16.4 Å². The summed E-state index contributed by atoms with van der Waals surface area (Å²) in [6, 6.07) is 4.42. The van der Waals surface area contributed by atoms with Gasteiger partial charge in [-0.05, 0) is 35.3 Å². The lowest BCUT2D eigenvalue weighted by Gasteiger charge is -2.08. The monoisotopic (exact) mass is 358 g/mol. The first-order valence-electron chi connectivity index (χ1n) is 5.68. The number of nitrogens with two attached hydrogens (primary N) is 1. The van der Waals surface area contributed by atoms with Gasteiger partial charge in [-0.1, -0.05) is 15.9 Å². The van der Waals surface area contributed by atoms with Crippen LogP contribution in [-0.2, 0) is 6.54 Å². The minimum Gasteiger partial charge on any atom is -0.382 e. The van der Waals surface area contributed by atoms with Crippen molar-refractivity contribution in [3.8, 4) is 0 Å². The fraction of sp³-hybridized carbons (Fsp3) is 0.167. The Morgan fingerprint density at radius 3 is 3.00 bits per heavy atom. The van der Waals surface area contributed by atoms with Crippen LogP contribution in [0.5, 0.6) is 0 Å². The van der Waals surface area contributed by atoms with Gasteiger partial charge in [-0.2, -0.15) is 4.37 Å². The SMILES string of the molecule is CNC(=O)c1c(N)nsc1NCc1cc(F)ccc1Br. The first-order chi connectivity index (χ1) is 9.52. The molecule has 1 aromatic carbocycles. The Labute approximate surface area is 127 Å². The highest BCUT2D eigenvalue weighted by Gasteiger charge is 2.18. The molecule has 1 heterocycles. The molecule has 0 unspecified atom stereocenters. The van der Waals surface area contributed by atoms with E-state index in [1.165, 1.54) is 19.2 Å². The average Bonchev–Trinajstić information content (AvgIpc) is 2.80. The fourth-order valence-corrected chi connectivity index (χ4v) is 2.71. The Hall–Kier alpha value is -1.67. The normalized spacial score (nSPS) is 10.3. The highest BCUT2D eigenvalue weighted by molar-refractivity contribution is 9.10. The molecule has 0 radical (unpaired) electrons. The zero-order valence-electron chi connectivity index (χ0n) is 10.5. The largest absolute Gasteiger partial charge is 0.382 e. The summed E-state index contributed by atoms with van der Waals surface area (Å²) in [5, 5.41) is 6.11. The number of rotatable bonds is 4. The molecule has 0 aliphatic rings. The lowest BCUT2D eigenvalue weighted by molar-refractivity contribution is 0.0965. The van der Waals surface area contributed by atoms with Crippen LogP contribution in [0.3, 0.4) is 0 Å². The molecule has 1 aromatic heterocycles. The van der Waals surface area contributed by atoms with Gasteiger partial charge in [0.25, 0.3) is 5.91 Å². The molecule has 106 valence electrons. The van der Waals surface area contributed by atoms with Crippen molar-refractivity contribution >= 4 is 44.2 Å². The minimum atomic E-state index is -0.319. The zero-order valence-corrected chi connectivity index (χ0v) is 12.9. The average molecular weight is 359 g/mol. The number of benzene rings is 1. The smallest absolute Gasteiger partial charge is 0.257 e. The minimum absolute atomic E-state index is 0.176. The van der Waals surface area contributed by atoms with Crippen LogP contribution in [0.4, 0.5) is 15.2 Å². The van der Waals surface area contributed by atoms with E-state index in [0.29, 0.717) is 17.1 Å². The number of hydrogen-bond donors (Lipinski definition) is 3. The molecule has 0 aliphatic carbocycles. The van der Waals surface area contributed by atoms with Crippen LogP contribution in [0.15, 0.2) is 22.7 Å². The molecule has 0 bridgehead atoms. The van der Waals surface area contributed by atoms with Crippen LogP contribution in [0.1, 0.15) is 15.9 Å². The predicted molar refractivity (Wildman–Crippen MR) is 81.3 cm³/mol. The second-order valence-electron chi connectivity index (χ2n) is 3.94. The number of nitrogen functional groups attached to an aromatic ring is 1. The number of aromatic nitrogens is 1. The Kier molecular flexibility index (Phi) is 4.56. The summed E-state index contributed by atoms with van der Waals surface area (Å²) < 4.78 is 17.9. The van der Waals surface area contributed by atoms with Gasteiger partial charge in [-0.25, -0.2) is 4.39 Å². The summed E-state index contributed by atoms with van der Waals surface area (Å²) >= 11 is 4.44. The molecule has 1 amide bonds. The van der Waals surface area contributed by atoms with Gasteiger partial charge in [0.05, 0.1) is 0 Å². The van der Waals surface area contributed by atoms with Gasteiger partial charge in [0.1, 0.15) is 16.4 Å². The van der Waals surface area contributed by atoms with E-state index in [4.69, 9.17) is 5.73 Å². The molecule has 20 heavy (non-hydrogen) atoms. The van der Waals surface area contributed by atoms with Gasteiger partial charge in [-0.15, -0.1) is 0 Å². The number of amides is 1. The highest BCUT2D eigenvalue weighted by atomic mass is 79.9. The third kappa shape index (κ3) is 3.07. The van der Waals surface area contributed by atoms with Crippen molar-refractivity contribution in [2.24, 2.45) is 0 Å². The van der Waals surface area contributed by atoms with Crippen LogP contribution < -0.4 is 16.4 Å². The molecule has 0 saturated heterocycles. The van der Waals surface area contributed by atoms with Crippen molar-refractivity contribution in [2.75, 3.05) is 18.1 Å². The van der Waals surface area contributed by atoms with Crippen molar-refractivity contribution in [1.29, 1.82) is 0 Å². The Morgan fingerprint density at radius 2 is 2.30 bits per heavy atom. The van der Waals surface area contributed by atoms with Crippen LogP contribution in [0.25, 0.3) is 0 Å². The van der Waals surface area contributed by atoms with Crippen LogP contribution in [0, 0.1) is 5.82 Å². The van der Waals surface area contributed by atoms with Crippen molar-refractivity contribution in [3.63, 3.8) is 0 Å². The molecule has 2 rings (SSSR count). The van der Waals surface area contributed by atoms with E-state index in [1.54, 1.807) is 6.07 Å². The number of carbonyl (C=O) groups excluding carboxylic acids is 1. The van der Waals surface area contributed by atoms with E-state index in [1.807, 2.05) is 0 Å². The van der Waals surface area contributed by atoms with Gasteiger partial charge in [0, 0.05) is 18.1 Å². The number of nitrogens with zero attached hydrogens (tertiary/aromatic N) is 1. The molecular formula is C12H12BrFN4OS. The number of carbonyl (C=O) groups is 1. The quantitative estimate of drug-likeness (QED) is 0.784. The third-order valence-electron chi connectivity index (χ3n) is 2.62. The van der Waals surface area contributed by atoms with Gasteiger partial charge >= 0.3 is 0 Å². The van der Waals surface area contributed by atoms with E-state index >= 15 is 0 Å². The number of halogens is 2. The summed E-state index contributed by atoms with van der Waals surface area (Å²) in [5.74, 6) is -0.451. The highest BCUT2D eigenvalue weighted by Crippen LogP contribution is 2.28. The fourth-order valence-electron chi connectivity index (χ4n) is 1.62. The van der Waals surface area contributed by atoms with E-state index < -0.39 is 0 Å². The maximum atomic E-state index is 13.2. The van der Waals surface area contributed by atoms with Crippen LogP contribution >= 0.6 is 27.5 Å². The van der Waals surface area contributed by atoms with E-state index in [-0.39, 0.29) is 17.5 Å². The van der Waals surface area contributed by atoms with Crippen LogP contribution in [-0.4, -0.2) is 17.3 Å². The molecule has 0 spiro atoms. The van der Waals surface area contributed by atoms with Crippen molar-refractivity contribution in [1.82, 2.24) is 9.69 Å². The first kappa shape index (κ1) is 14.7. The molecule has 2 aromatic rings. The summed E-state index contributed by atoms with van der Waals surface area (Å²) in [6.07, 6.45) is 0. The third-order valence-corrected chi connectivity index (χ3v) is 4.21. The van der Waals surface area contributed by atoms with Crippen LogP contribution in [0.2, 0.25) is 0 Å². The lowest BCUT2D eigenvalue weighted by atomic mass is 10.2. The Balaban J connectivity index is 2.19. The standard InChI is InChI=1S/C12H12BrFN4OS/c1-16-11(19)9-10(15)18-20-12(9)17-5-6-4-7(14)2-3-8(6)13/h2-4,17H,5H2,1H3,(H2,15,18)(H,16,19). The van der Waals surface area contributed by atoms with Crippen molar-refractivity contribution in [3.05, 3.63) is 39.6 Å². The molecule has 0 aliphatic heterocycles. The molecule has 0 saturated carbocycles. The summed E-state index contributed by atoms with van der Waals surface area (Å²) in [5.41, 5.74) is 6.72. The number of hydrogen-bond acceptors (Lipinski definition) is 5. The zero-order chi connectivity index (χ0) is 14.7. The van der Waals surface area contributed by atoms with Gasteiger partial charge in [-0.3, -0.25) is 4.79 Å². The second kappa shape index (κ2) is 6.19. The van der Waals surface area contributed by atoms with E-state index in [9.17, 15) is 9.18 Å². The lowest BCUT2D eigenvalue weighted by Crippen LogP contribution is -2.20. The molecule has 5 nitrogen and oxygen atoms in total.